The van der Waals surface area contributed by atoms with Crippen molar-refractivity contribution >= 4 is 8.32 Å². The Morgan fingerprint density at radius 3 is 2.29 bits per heavy atom. The molecule has 0 saturated carbocycles. The quantitative estimate of drug-likeness (QED) is 0.119. The summed E-state index contributed by atoms with van der Waals surface area (Å²) in [5, 5.41) is 0.203. The van der Waals surface area contributed by atoms with Gasteiger partial charge in [-0.3, -0.25) is 0 Å². The smallest absolute Gasteiger partial charge is 0.191 e. The second-order valence-corrected chi connectivity index (χ2v) is 27.8. The van der Waals surface area contributed by atoms with E-state index < -0.39 is 14.1 Å². The van der Waals surface area contributed by atoms with Gasteiger partial charge in [0.05, 0.1) is 54.9 Å². The van der Waals surface area contributed by atoms with Crippen LogP contribution in [0.4, 0.5) is 0 Å². The summed E-state index contributed by atoms with van der Waals surface area (Å²) in [6.45, 7) is 30.9. The van der Waals surface area contributed by atoms with Crippen LogP contribution in [0.2, 0.25) is 18.1 Å². The zero-order valence-electron chi connectivity index (χ0n) is 40.3. The molecule has 9 heterocycles. The van der Waals surface area contributed by atoms with E-state index >= 15 is 0 Å². The van der Waals surface area contributed by atoms with Crippen LogP contribution in [0, 0.1) is 23.7 Å². The number of ether oxygens (including phenoxy) is 8. The molecule has 6 bridgehead atoms. The number of rotatable bonds is 16. The Kier molecular flexibility index (Phi) is 13.8. The van der Waals surface area contributed by atoms with Crippen molar-refractivity contribution in [1.82, 2.24) is 0 Å². The molecule has 10 heteroatoms. The molecule has 10 rings (SSSR count). The standard InChI is InChI=1S/C53H82O9Si/c1-12-37-18-21-42-47(57-37)51-50-49(59-42)48-46(60-50)29-53(61-48,62-51)23-22-39-26-33(4)41(55-39)20-19-38-25-32(3)34(5)44(56-38)28-45-40(27-36-16-14-13-15-17-36)35(6)43(58-45)24-31(2)30-54-63(10,11)52(7,8)9/h13-17,31-32,35,37-51H,4-5,12,18-30H2,1-3,6-11H3/t31-,32+,35+,37-,38?,39?,40+,41-,42-,43+,44+,45?,46+,47-,48-,49-,50+,51-,53-/m0/s1. The summed E-state index contributed by atoms with van der Waals surface area (Å²) in [7, 11) is -1.82. The molecule has 9 saturated heterocycles. The number of hydrogen-bond acceptors (Lipinski definition) is 9. The summed E-state index contributed by atoms with van der Waals surface area (Å²) in [5.74, 6) is 0.973. The van der Waals surface area contributed by atoms with Gasteiger partial charge in [-0.25, -0.2) is 0 Å². The highest BCUT2D eigenvalue weighted by Crippen LogP contribution is 2.54. The zero-order chi connectivity index (χ0) is 44.4. The van der Waals surface area contributed by atoms with Gasteiger partial charge in [0.25, 0.3) is 0 Å². The first-order valence-corrected chi connectivity index (χ1v) is 28.2. The van der Waals surface area contributed by atoms with Crippen molar-refractivity contribution in [2.75, 3.05) is 6.61 Å². The van der Waals surface area contributed by atoms with Gasteiger partial charge < -0.3 is 42.3 Å². The highest BCUT2D eigenvalue weighted by Gasteiger charge is 2.68. The molecule has 0 spiro atoms. The van der Waals surface area contributed by atoms with E-state index in [1.54, 1.807) is 0 Å². The SMILES string of the molecule is C=C1CC(CC[C@@]23C[C@H]4O[C@H]5[C@@H](O2)[C@H]2O[C@@H](CC)CC[C@@H]2O[C@H]5[C@H]4O3)O[C@H]1CCC1C[C@@H](C)C(=C)[C@@H](CC2O[C@H](C[C@H](C)CO[Si](C)(C)C(C)(C)C)[C@H](C)[C@H]2Cc2ccccc2)O1. The largest absolute Gasteiger partial charge is 0.417 e. The van der Waals surface area contributed by atoms with Crippen LogP contribution in [0.1, 0.15) is 131 Å². The Morgan fingerprint density at radius 2 is 1.52 bits per heavy atom. The summed E-state index contributed by atoms with van der Waals surface area (Å²) in [6.07, 6.45) is 12.3. The van der Waals surface area contributed by atoms with Crippen LogP contribution in [0.15, 0.2) is 54.6 Å². The minimum Gasteiger partial charge on any atom is -0.417 e. The second-order valence-electron chi connectivity index (χ2n) is 23.0. The van der Waals surface area contributed by atoms with Crippen LogP contribution >= 0.6 is 0 Å². The molecule has 0 aliphatic carbocycles. The van der Waals surface area contributed by atoms with E-state index in [-0.39, 0.29) is 90.5 Å². The molecule has 1 aromatic carbocycles. The lowest BCUT2D eigenvalue weighted by molar-refractivity contribution is -0.292. The summed E-state index contributed by atoms with van der Waals surface area (Å²) in [5.41, 5.74) is 3.79. The summed E-state index contributed by atoms with van der Waals surface area (Å²) < 4.78 is 61.3. The van der Waals surface area contributed by atoms with Gasteiger partial charge in [-0.2, -0.15) is 0 Å². The molecule has 9 fully saturated rings. The highest BCUT2D eigenvalue weighted by molar-refractivity contribution is 6.74. The molecule has 352 valence electrons. The fourth-order valence-corrected chi connectivity index (χ4v) is 13.5. The van der Waals surface area contributed by atoms with E-state index in [1.165, 1.54) is 16.7 Å². The molecule has 9 aliphatic heterocycles. The van der Waals surface area contributed by atoms with Crippen LogP contribution in [-0.2, 0) is 48.7 Å². The number of hydrogen-bond donors (Lipinski definition) is 0. The van der Waals surface area contributed by atoms with Crippen LogP contribution < -0.4 is 0 Å². The predicted octanol–water partition coefficient (Wildman–Crippen LogP) is 10.7. The van der Waals surface area contributed by atoms with Gasteiger partial charge in [0.1, 0.15) is 30.5 Å². The molecule has 0 aromatic heterocycles. The first kappa shape index (κ1) is 46.7. The third kappa shape index (κ3) is 9.67. The average Bonchev–Trinajstić information content (AvgIpc) is 3.92. The van der Waals surface area contributed by atoms with E-state index in [4.69, 9.17) is 42.3 Å². The topological polar surface area (TPSA) is 83.1 Å². The normalized spacial score (nSPS) is 44.0. The van der Waals surface area contributed by atoms with Crippen molar-refractivity contribution in [3.63, 3.8) is 0 Å². The fourth-order valence-electron chi connectivity index (χ4n) is 12.4. The lowest BCUT2D eigenvalue weighted by Gasteiger charge is -2.47. The maximum atomic E-state index is 7.14. The summed E-state index contributed by atoms with van der Waals surface area (Å²) in [6, 6.07) is 11.0. The molecule has 9 aliphatic rings. The maximum Gasteiger partial charge on any atom is 0.191 e. The van der Waals surface area contributed by atoms with Crippen molar-refractivity contribution in [3.8, 4) is 0 Å². The molecule has 19 atom stereocenters. The number of benzene rings is 1. The van der Waals surface area contributed by atoms with Crippen molar-refractivity contribution < 1.29 is 42.3 Å². The summed E-state index contributed by atoms with van der Waals surface area (Å²) in [4.78, 5) is 0. The molecule has 1 aromatic rings. The third-order valence-electron chi connectivity index (χ3n) is 17.4. The Bertz CT molecular complexity index is 1750. The number of fused-ring (bicyclic) bond motifs is 1. The monoisotopic (exact) mass is 891 g/mol. The average molecular weight is 891 g/mol. The Morgan fingerprint density at radius 1 is 0.794 bits per heavy atom. The van der Waals surface area contributed by atoms with E-state index in [9.17, 15) is 0 Å². The fraction of sp³-hybridized carbons (Fsp3) is 0.811. The Balaban J connectivity index is 0.789. The first-order valence-electron chi connectivity index (χ1n) is 25.3. The highest BCUT2D eigenvalue weighted by atomic mass is 28.4. The molecule has 3 unspecified atom stereocenters. The molecule has 63 heavy (non-hydrogen) atoms. The van der Waals surface area contributed by atoms with Crippen LogP contribution in [0.25, 0.3) is 0 Å². The molecule has 0 N–H and O–H groups in total. The van der Waals surface area contributed by atoms with Gasteiger partial charge >= 0.3 is 0 Å². The lowest BCUT2D eigenvalue weighted by atomic mass is 9.78. The van der Waals surface area contributed by atoms with E-state index in [1.807, 2.05) is 0 Å². The lowest BCUT2D eigenvalue weighted by Crippen LogP contribution is -2.61. The molecule has 0 radical (unpaired) electrons. The van der Waals surface area contributed by atoms with Gasteiger partial charge in [0, 0.05) is 25.9 Å². The second kappa shape index (κ2) is 18.6. The van der Waals surface area contributed by atoms with Crippen LogP contribution in [0.3, 0.4) is 0 Å². The van der Waals surface area contributed by atoms with Crippen molar-refractivity contribution in [1.29, 1.82) is 0 Å². The van der Waals surface area contributed by atoms with Crippen LogP contribution in [-0.4, -0.2) is 106 Å². The summed E-state index contributed by atoms with van der Waals surface area (Å²) >= 11 is 0. The van der Waals surface area contributed by atoms with Crippen LogP contribution in [0.5, 0.6) is 0 Å². The molecular weight excluding hydrogens is 809 g/mol. The van der Waals surface area contributed by atoms with Crippen molar-refractivity contribution in [3.05, 3.63) is 60.2 Å². The van der Waals surface area contributed by atoms with Gasteiger partial charge in [0.2, 0.25) is 0 Å². The minimum atomic E-state index is -1.82. The molecular formula is C53H82O9Si. The molecule has 9 nitrogen and oxygen atoms in total. The van der Waals surface area contributed by atoms with Crippen molar-refractivity contribution in [2.24, 2.45) is 23.7 Å². The van der Waals surface area contributed by atoms with E-state index in [0.717, 1.165) is 90.1 Å². The maximum absolute atomic E-state index is 7.14. The minimum absolute atomic E-state index is 0.0122. The Labute approximate surface area is 381 Å². The van der Waals surface area contributed by atoms with Gasteiger partial charge in [-0.15, -0.1) is 0 Å². The third-order valence-corrected chi connectivity index (χ3v) is 21.9. The van der Waals surface area contributed by atoms with Gasteiger partial charge in [-0.1, -0.05) is 92.0 Å². The van der Waals surface area contributed by atoms with Gasteiger partial charge in [0.15, 0.2) is 14.1 Å². The van der Waals surface area contributed by atoms with E-state index in [2.05, 4.69) is 105 Å². The van der Waals surface area contributed by atoms with E-state index in [0.29, 0.717) is 23.7 Å². The molecule has 0 amide bonds. The first-order chi connectivity index (χ1) is 30.0. The van der Waals surface area contributed by atoms with Crippen molar-refractivity contribution in [2.45, 2.75) is 241 Å². The van der Waals surface area contributed by atoms with Gasteiger partial charge in [-0.05, 0) is 123 Å². The zero-order valence-corrected chi connectivity index (χ0v) is 41.3. The predicted molar refractivity (Wildman–Crippen MR) is 248 cm³/mol. The Hall–Kier alpha value is -1.44.